The van der Waals surface area contributed by atoms with Crippen molar-refractivity contribution in [2.24, 2.45) is 0 Å². The van der Waals surface area contributed by atoms with E-state index in [-0.39, 0.29) is 17.9 Å². The average Bonchev–Trinajstić information content (AvgIpc) is 3.22. The van der Waals surface area contributed by atoms with Crippen molar-refractivity contribution in [2.75, 3.05) is 13.7 Å². The SMILES string of the molecule is CCOC(=O)c1c(C[S+]([O-])c2ccccc2)ccc(-c2cnco2)c1OC. The number of aromatic nitrogens is 1. The minimum absolute atomic E-state index is 0.158. The van der Waals surface area contributed by atoms with Crippen LogP contribution in [0.3, 0.4) is 0 Å². The van der Waals surface area contributed by atoms with Gasteiger partial charge in [0.05, 0.1) is 25.5 Å². The van der Waals surface area contributed by atoms with E-state index in [2.05, 4.69) is 4.98 Å². The van der Waals surface area contributed by atoms with Gasteiger partial charge in [0.2, 0.25) is 0 Å². The van der Waals surface area contributed by atoms with Crippen molar-refractivity contribution in [3.63, 3.8) is 0 Å². The van der Waals surface area contributed by atoms with Crippen LogP contribution in [-0.2, 0) is 21.7 Å². The molecule has 6 nitrogen and oxygen atoms in total. The summed E-state index contributed by atoms with van der Waals surface area (Å²) in [6, 6.07) is 12.6. The summed E-state index contributed by atoms with van der Waals surface area (Å²) in [6.45, 7) is 1.95. The summed E-state index contributed by atoms with van der Waals surface area (Å²) in [6.07, 6.45) is 2.84. The van der Waals surface area contributed by atoms with Crippen molar-refractivity contribution in [1.29, 1.82) is 0 Å². The highest BCUT2D eigenvalue weighted by molar-refractivity contribution is 7.90. The first-order valence-electron chi connectivity index (χ1n) is 8.35. The fourth-order valence-corrected chi connectivity index (χ4v) is 3.87. The van der Waals surface area contributed by atoms with Gasteiger partial charge in [-0.05, 0) is 36.3 Å². The van der Waals surface area contributed by atoms with E-state index in [9.17, 15) is 9.35 Å². The second-order valence-corrected chi connectivity index (χ2v) is 7.02. The van der Waals surface area contributed by atoms with Crippen LogP contribution in [0.4, 0.5) is 0 Å². The van der Waals surface area contributed by atoms with Crippen LogP contribution >= 0.6 is 0 Å². The van der Waals surface area contributed by atoms with E-state index < -0.39 is 17.1 Å². The lowest BCUT2D eigenvalue weighted by molar-refractivity contribution is 0.0522. The zero-order valence-corrected chi connectivity index (χ0v) is 15.8. The van der Waals surface area contributed by atoms with Gasteiger partial charge in [0.1, 0.15) is 17.1 Å². The molecule has 2 aromatic carbocycles. The predicted octanol–water partition coefficient (Wildman–Crippen LogP) is 3.83. The quantitative estimate of drug-likeness (QED) is 0.454. The Morgan fingerprint density at radius 2 is 2.00 bits per heavy atom. The fraction of sp³-hybridized carbons (Fsp3) is 0.200. The molecule has 1 unspecified atom stereocenters. The summed E-state index contributed by atoms with van der Waals surface area (Å²) in [7, 11) is 1.47. The van der Waals surface area contributed by atoms with E-state index in [0.717, 1.165) is 0 Å². The number of hydrogen-bond donors (Lipinski definition) is 0. The Morgan fingerprint density at radius 1 is 1.22 bits per heavy atom. The molecule has 0 saturated carbocycles. The summed E-state index contributed by atoms with van der Waals surface area (Å²) in [4.78, 5) is 17.2. The molecule has 7 heteroatoms. The molecular formula is C20H19NO5S. The van der Waals surface area contributed by atoms with E-state index in [1.165, 1.54) is 19.7 Å². The first-order chi connectivity index (χ1) is 13.2. The zero-order valence-electron chi connectivity index (χ0n) is 15.0. The van der Waals surface area contributed by atoms with Gasteiger partial charge in [-0.25, -0.2) is 9.78 Å². The Hall–Kier alpha value is -2.77. The molecule has 0 radical (unpaired) electrons. The molecule has 3 aromatic rings. The summed E-state index contributed by atoms with van der Waals surface area (Å²) < 4.78 is 28.8. The fourth-order valence-electron chi connectivity index (χ4n) is 2.72. The maximum Gasteiger partial charge on any atom is 0.342 e. The topological polar surface area (TPSA) is 84.6 Å². The molecule has 3 rings (SSSR count). The van der Waals surface area contributed by atoms with Gasteiger partial charge < -0.3 is 18.4 Å². The minimum atomic E-state index is -1.32. The van der Waals surface area contributed by atoms with Crippen molar-refractivity contribution in [3.05, 3.63) is 66.2 Å². The van der Waals surface area contributed by atoms with E-state index in [1.807, 2.05) is 18.2 Å². The summed E-state index contributed by atoms with van der Waals surface area (Å²) >= 11 is -1.32. The zero-order chi connectivity index (χ0) is 19.2. The van der Waals surface area contributed by atoms with Crippen LogP contribution in [-0.4, -0.2) is 29.2 Å². The molecule has 1 atom stereocenters. The number of esters is 1. The maximum absolute atomic E-state index is 12.7. The number of methoxy groups -OCH3 is 1. The van der Waals surface area contributed by atoms with Gasteiger partial charge in [0.15, 0.2) is 17.0 Å². The molecule has 0 bridgehead atoms. The summed E-state index contributed by atoms with van der Waals surface area (Å²) in [5, 5.41) is 0. The number of carbonyl (C=O) groups is 1. The number of ether oxygens (including phenoxy) is 2. The Balaban J connectivity index is 2.06. The third-order valence-corrected chi connectivity index (χ3v) is 5.29. The Kier molecular flexibility index (Phi) is 6.16. The van der Waals surface area contributed by atoms with Gasteiger partial charge in [-0.15, -0.1) is 0 Å². The monoisotopic (exact) mass is 385 g/mol. The molecule has 0 spiro atoms. The first kappa shape index (κ1) is 19.0. The van der Waals surface area contributed by atoms with Crippen molar-refractivity contribution in [2.45, 2.75) is 17.6 Å². The first-order valence-corrected chi connectivity index (χ1v) is 9.66. The molecule has 1 heterocycles. The van der Waals surface area contributed by atoms with E-state index >= 15 is 0 Å². The number of carbonyl (C=O) groups excluding carboxylic acids is 1. The number of nitrogens with zero attached hydrogens (tertiary/aromatic N) is 1. The van der Waals surface area contributed by atoms with E-state index in [1.54, 1.807) is 31.2 Å². The van der Waals surface area contributed by atoms with Gasteiger partial charge in [-0.3, -0.25) is 0 Å². The van der Waals surface area contributed by atoms with Crippen molar-refractivity contribution >= 4 is 17.1 Å². The standard InChI is InChI=1S/C20H19NO5S/c1-3-25-20(22)18-14(12-27(23)15-7-5-4-6-8-15)9-10-16(19(18)24-2)17-11-21-13-26-17/h4-11,13H,3,12H2,1-2H3. The van der Waals surface area contributed by atoms with Crippen LogP contribution in [0.25, 0.3) is 11.3 Å². The van der Waals surface area contributed by atoms with Crippen LogP contribution in [0, 0.1) is 0 Å². The second-order valence-electron chi connectivity index (χ2n) is 5.57. The largest absolute Gasteiger partial charge is 0.611 e. The van der Waals surface area contributed by atoms with Crippen LogP contribution in [0.2, 0.25) is 0 Å². The Labute approximate surface area is 160 Å². The van der Waals surface area contributed by atoms with Crippen LogP contribution in [0.5, 0.6) is 5.75 Å². The smallest absolute Gasteiger partial charge is 0.342 e. The van der Waals surface area contributed by atoms with Crippen molar-refractivity contribution < 1.29 is 23.2 Å². The van der Waals surface area contributed by atoms with Crippen LogP contribution in [0.1, 0.15) is 22.8 Å². The van der Waals surface area contributed by atoms with Crippen LogP contribution < -0.4 is 4.74 Å². The lowest BCUT2D eigenvalue weighted by atomic mass is 10.0. The molecule has 140 valence electrons. The minimum Gasteiger partial charge on any atom is -0.611 e. The molecule has 0 aliphatic heterocycles. The molecule has 27 heavy (non-hydrogen) atoms. The molecule has 1 aromatic heterocycles. The van der Waals surface area contributed by atoms with Gasteiger partial charge in [-0.1, -0.05) is 24.3 Å². The summed E-state index contributed by atoms with van der Waals surface area (Å²) in [5.41, 5.74) is 1.40. The second kappa shape index (κ2) is 8.75. The number of oxazole rings is 1. The normalized spacial score (nSPS) is 11.8. The molecule has 0 amide bonds. The Bertz CT molecular complexity index is 896. The highest BCUT2D eigenvalue weighted by Gasteiger charge is 2.26. The third-order valence-electron chi connectivity index (χ3n) is 3.92. The van der Waals surface area contributed by atoms with Gasteiger partial charge in [-0.2, -0.15) is 0 Å². The van der Waals surface area contributed by atoms with E-state index in [4.69, 9.17) is 13.9 Å². The lowest BCUT2D eigenvalue weighted by Crippen LogP contribution is -2.14. The molecule has 0 saturated heterocycles. The van der Waals surface area contributed by atoms with Gasteiger partial charge in [0.25, 0.3) is 0 Å². The number of hydrogen-bond acceptors (Lipinski definition) is 6. The van der Waals surface area contributed by atoms with E-state index in [0.29, 0.717) is 27.5 Å². The molecule has 0 aliphatic carbocycles. The maximum atomic E-state index is 12.7. The van der Waals surface area contributed by atoms with Crippen LogP contribution in [0.15, 0.2) is 64.4 Å². The number of benzene rings is 2. The third kappa shape index (κ3) is 4.15. The Morgan fingerprint density at radius 3 is 2.63 bits per heavy atom. The number of rotatable bonds is 7. The molecule has 0 aliphatic rings. The highest BCUT2D eigenvalue weighted by atomic mass is 32.2. The predicted molar refractivity (Wildman–Crippen MR) is 101 cm³/mol. The highest BCUT2D eigenvalue weighted by Crippen LogP contribution is 2.36. The van der Waals surface area contributed by atoms with Crippen molar-refractivity contribution in [1.82, 2.24) is 4.98 Å². The van der Waals surface area contributed by atoms with Crippen molar-refractivity contribution in [3.8, 4) is 17.1 Å². The molecule has 0 fully saturated rings. The van der Waals surface area contributed by atoms with Gasteiger partial charge >= 0.3 is 5.97 Å². The molecule has 0 N–H and O–H groups in total. The molecular weight excluding hydrogens is 366 g/mol. The lowest BCUT2D eigenvalue weighted by Gasteiger charge is -2.17. The average molecular weight is 385 g/mol. The summed E-state index contributed by atoms with van der Waals surface area (Å²) in [5.74, 6) is 0.405. The van der Waals surface area contributed by atoms with Gasteiger partial charge in [0, 0.05) is 5.56 Å².